The first-order valence-corrected chi connectivity index (χ1v) is 9.34. The van der Waals surface area contributed by atoms with E-state index >= 15 is 0 Å². The molecule has 0 saturated carbocycles. The van der Waals surface area contributed by atoms with E-state index in [4.69, 9.17) is 14.2 Å². The van der Waals surface area contributed by atoms with E-state index in [2.05, 4.69) is 20.6 Å². The number of hydrogen-bond acceptors (Lipinski definition) is 7. The second-order valence-electron chi connectivity index (χ2n) is 6.58. The number of aromatic nitrogens is 3. The van der Waals surface area contributed by atoms with Crippen LogP contribution in [-0.4, -0.2) is 35.9 Å². The zero-order valence-corrected chi connectivity index (χ0v) is 17.3. The molecule has 2 N–H and O–H groups in total. The number of rotatable bonds is 7. The van der Waals surface area contributed by atoms with Crippen molar-refractivity contribution in [2.24, 2.45) is 7.05 Å². The minimum absolute atomic E-state index is 0.539. The third-order valence-electron chi connectivity index (χ3n) is 4.73. The van der Waals surface area contributed by atoms with Crippen molar-refractivity contribution >= 4 is 34.2 Å². The van der Waals surface area contributed by atoms with E-state index in [1.807, 2.05) is 60.1 Å². The predicted molar refractivity (Wildman–Crippen MR) is 118 cm³/mol. The number of fused-ring (bicyclic) bond motifs is 1. The molecule has 0 aliphatic carbocycles. The highest BCUT2D eigenvalue weighted by atomic mass is 16.5. The Bertz CT molecular complexity index is 1150. The standard InChI is InChI=1S/C22H23N5O3/c1-27-17-12-20(24-15-10-18(28-2)21(30-4)19(11-15)29-3)23-13-16(17)26-22(27)25-14-8-6-5-7-9-14/h5-13H,1-4H3,(H,23,24)(H,25,26). The molecule has 0 radical (unpaired) electrons. The summed E-state index contributed by atoms with van der Waals surface area (Å²) >= 11 is 0. The van der Waals surface area contributed by atoms with Gasteiger partial charge in [0.1, 0.15) is 11.3 Å². The molecule has 2 aromatic heterocycles. The number of pyridine rings is 1. The van der Waals surface area contributed by atoms with Crippen molar-refractivity contribution in [2.75, 3.05) is 32.0 Å². The normalized spacial score (nSPS) is 10.7. The summed E-state index contributed by atoms with van der Waals surface area (Å²) in [6.07, 6.45) is 1.74. The van der Waals surface area contributed by atoms with E-state index in [9.17, 15) is 0 Å². The maximum absolute atomic E-state index is 5.42. The van der Waals surface area contributed by atoms with Crippen molar-refractivity contribution < 1.29 is 14.2 Å². The molecule has 0 aliphatic rings. The van der Waals surface area contributed by atoms with E-state index in [0.717, 1.165) is 28.4 Å². The van der Waals surface area contributed by atoms with Crippen molar-refractivity contribution in [3.05, 3.63) is 54.7 Å². The number of nitrogens with zero attached hydrogens (tertiary/aromatic N) is 3. The molecule has 4 aromatic rings. The van der Waals surface area contributed by atoms with Crippen molar-refractivity contribution in [1.82, 2.24) is 14.5 Å². The van der Waals surface area contributed by atoms with Gasteiger partial charge in [0.2, 0.25) is 11.7 Å². The van der Waals surface area contributed by atoms with Gasteiger partial charge in [0, 0.05) is 36.6 Å². The smallest absolute Gasteiger partial charge is 0.208 e. The lowest BCUT2D eigenvalue weighted by Gasteiger charge is -2.15. The maximum Gasteiger partial charge on any atom is 0.208 e. The Kier molecular flexibility index (Phi) is 5.30. The van der Waals surface area contributed by atoms with Crippen LogP contribution < -0.4 is 24.8 Å². The second kappa shape index (κ2) is 8.20. The van der Waals surface area contributed by atoms with Crippen molar-refractivity contribution in [3.8, 4) is 17.2 Å². The fraction of sp³-hybridized carbons (Fsp3) is 0.182. The third-order valence-corrected chi connectivity index (χ3v) is 4.73. The molecule has 0 saturated heterocycles. The molecule has 30 heavy (non-hydrogen) atoms. The Morgan fingerprint density at radius 2 is 1.53 bits per heavy atom. The molecule has 0 fully saturated rings. The summed E-state index contributed by atoms with van der Waals surface area (Å²) < 4.78 is 18.2. The van der Waals surface area contributed by atoms with Gasteiger partial charge in [-0.05, 0) is 12.1 Å². The van der Waals surface area contributed by atoms with Gasteiger partial charge < -0.3 is 29.4 Å². The average molecular weight is 405 g/mol. The summed E-state index contributed by atoms with van der Waals surface area (Å²) in [5.41, 5.74) is 3.48. The van der Waals surface area contributed by atoms with E-state index in [0.29, 0.717) is 23.1 Å². The third kappa shape index (κ3) is 3.67. The number of imidazole rings is 1. The lowest BCUT2D eigenvalue weighted by atomic mass is 10.2. The Morgan fingerprint density at radius 1 is 0.833 bits per heavy atom. The van der Waals surface area contributed by atoms with Gasteiger partial charge in [-0.2, -0.15) is 0 Å². The molecular formula is C22H23N5O3. The number of para-hydroxylation sites is 1. The second-order valence-corrected chi connectivity index (χ2v) is 6.58. The molecule has 0 bridgehead atoms. The molecule has 0 atom stereocenters. The summed E-state index contributed by atoms with van der Waals surface area (Å²) in [6.45, 7) is 0. The Hall–Kier alpha value is -3.94. The molecule has 8 nitrogen and oxygen atoms in total. The SMILES string of the molecule is COc1cc(Nc2cc3c(cn2)nc(Nc2ccccc2)n3C)cc(OC)c1OC. The first kappa shape index (κ1) is 19.4. The van der Waals surface area contributed by atoms with Crippen LogP contribution in [0.4, 0.5) is 23.1 Å². The molecule has 4 rings (SSSR count). The van der Waals surface area contributed by atoms with Crippen LogP contribution in [-0.2, 0) is 7.05 Å². The number of benzene rings is 2. The predicted octanol–water partition coefficient (Wildman–Crippen LogP) is 4.48. The Morgan fingerprint density at radius 3 is 2.17 bits per heavy atom. The topological polar surface area (TPSA) is 82.5 Å². The molecule has 154 valence electrons. The van der Waals surface area contributed by atoms with Gasteiger partial charge in [-0.25, -0.2) is 9.97 Å². The van der Waals surface area contributed by atoms with Crippen LogP contribution in [0.15, 0.2) is 54.7 Å². The summed E-state index contributed by atoms with van der Waals surface area (Å²) in [4.78, 5) is 9.13. The van der Waals surface area contributed by atoms with Gasteiger partial charge in [0.25, 0.3) is 0 Å². The highest BCUT2D eigenvalue weighted by Crippen LogP contribution is 2.40. The largest absolute Gasteiger partial charge is 0.493 e. The van der Waals surface area contributed by atoms with E-state index in [1.54, 1.807) is 27.5 Å². The first-order valence-electron chi connectivity index (χ1n) is 9.34. The van der Waals surface area contributed by atoms with Crippen LogP contribution in [0.25, 0.3) is 11.0 Å². The summed E-state index contributed by atoms with van der Waals surface area (Å²) in [5, 5.41) is 6.63. The van der Waals surface area contributed by atoms with Gasteiger partial charge in [-0.15, -0.1) is 0 Å². The van der Waals surface area contributed by atoms with Crippen molar-refractivity contribution in [1.29, 1.82) is 0 Å². The van der Waals surface area contributed by atoms with Crippen LogP contribution in [0.5, 0.6) is 17.2 Å². The molecule has 0 spiro atoms. The van der Waals surface area contributed by atoms with E-state index in [1.165, 1.54) is 0 Å². The van der Waals surface area contributed by atoms with Gasteiger partial charge in [-0.3, -0.25) is 0 Å². The van der Waals surface area contributed by atoms with Crippen LogP contribution in [0.3, 0.4) is 0 Å². The van der Waals surface area contributed by atoms with Gasteiger partial charge in [0.15, 0.2) is 11.5 Å². The van der Waals surface area contributed by atoms with Crippen LogP contribution in [0.1, 0.15) is 0 Å². The van der Waals surface area contributed by atoms with Gasteiger partial charge in [0.05, 0.1) is 33.0 Å². The van der Waals surface area contributed by atoms with E-state index in [-0.39, 0.29) is 0 Å². The number of nitrogens with one attached hydrogen (secondary N) is 2. The average Bonchev–Trinajstić information content (AvgIpc) is 3.08. The zero-order chi connectivity index (χ0) is 21.1. The molecular weight excluding hydrogens is 382 g/mol. The lowest BCUT2D eigenvalue weighted by Crippen LogP contribution is -2.00. The summed E-state index contributed by atoms with van der Waals surface area (Å²) in [5.74, 6) is 3.08. The fourth-order valence-electron chi connectivity index (χ4n) is 3.23. The van der Waals surface area contributed by atoms with E-state index < -0.39 is 0 Å². The Labute approximate surface area is 174 Å². The lowest BCUT2D eigenvalue weighted by molar-refractivity contribution is 0.324. The molecule has 8 heteroatoms. The fourth-order valence-corrected chi connectivity index (χ4v) is 3.23. The number of anilines is 4. The Balaban J connectivity index is 1.65. The molecule has 0 amide bonds. The van der Waals surface area contributed by atoms with Gasteiger partial charge >= 0.3 is 0 Å². The number of aryl methyl sites for hydroxylation is 1. The quantitative estimate of drug-likeness (QED) is 0.469. The molecule has 2 aromatic carbocycles. The molecule has 0 aliphatic heterocycles. The van der Waals surface area contributed by atoms with Crippen LogP contribution >= 0.6 is 0 Å². The van der Waals surface area contributed by atoms with Crippen molar-refractivity contribution in [3.63, 3.8) is 0 Å². The minimum atomic E-state index is 0.539. The molecule has 2 heterocycles. The zero-order valence-electron chi connectivity index (χ0n) is 17.3. The highest BCUT2D eigenvalue weighted by molar-refractivity contribution is 5.82. The maximum atomic E-state index is 5.42. The number of hydrogen-bond donors (Lipinski definition) is 2. The highest BCUT2D eigenvalue weighted by Gasteiger charge is 2.14. The first-order chi connectivity index (χ1) is 14.6. The molecule has 0 unspecified atom stereocenters. The monoisotopic (exact) mass is 405 g/mol. The van der Waals surface area contributed by atoms with Gasteiger partial charge in [-0.1, -0.05) is 18.2 Å². The summed E-state index contributed by atoms with van der Waals surface area (Å²) in [7, 11) is 6.71. The number of methoxy groups -OCH3 is 3. The van der Waals surface area contributed by atoms with Crippen LogP contribution in [0, 0.1) is 0 Å². The van der Waals surface area contributed by atoms with Crippen LogP contribution in [0.2, 0.25) is 0 Å². The number of ether oxygens (including phenoxy) is 3. The minimum Gasteiger partial charge on any atom is -0.493 e. The van der Waals surface area contributed by atoms with Crippen molar-refractivity contribution in [2.45, 2.75) is 0 Å². The summed E-state index contributed by atoms with van der Waals surface area (Å²) in [6, 6.07) is 15.5.